The number of nitrogens with zero attached hydrogens (tertiary/aromatic N) is 2. The van der Waals surface area contributed by atoms with Gasteiger partial charge < -0.3 is 20.1 Å². The van der Waals surface area contributed by atoms with Crippen molar-refractivity contribution in [2.45, 2.75) is 13.8 Å². The maximum Gasteiger partial charge on any atom is 0.128 e. The van der Waals surface area contributed by atoms with Gasteiger partial charge in [-0.2, -0.15) is 0 Å². The maximum absolute atomic E-state index is 10.1. The van der Waals surface area contributed by atoms with Gasteiger partial charge in [-0.15, -0.1) is 0 Å². The summed E-state index contributed by atoms with van der Waals surface area (Å²) in [5.74, 6) is 0.544. The van der Waals surface area contributed by atoms with E-state index >= 15 is 0 Å². The van der Waals surface area contributed by atoms with E-state index in [1.807, 2.05) is 26.0 Å². The van der Waals surface area contributed by atoms with Crippen LogP contribution in [0.3, 0.4) is 0 Å². The maximum atomic E-state index is 10.1. The molecule has 0 saturated carbocycles. The number of aromatic hydroxyl groups is 3. The summed E-state index contributed by atoms with van der Waals surface area (Å²) in [7, 11) is 1.54. The van der Waals surface area contributed by atoms with Crippen molar-refractivity contribution in [3.8, 4) is 23.0 Å². The number of hydrogen-bond donors (Lipinski definition) is 3. The van der Waals surface area contributed by atoms with Gasteiger partial charge in [0.15, 0.2) is 0 Å². The first kappa shape index (κ1) is 19.9. The van der Waals surface area contributed by atoms with Crippen molar-refractivity contribution in [2.24, 2.45) is 9.98 Å². The SMILES string of the molecule is COc1ccc(C=Nc2cc(C)c(C)cc2N=Cc2ccc(O)cc2O)c(O)c1. The van der Waals surface area contributed by atoms with Gasteiger partial charge in [-0.05, 0) is 61.4 Å². The Balaban J connectivity index is 1.96. The molecule has 0 amide bonds. The first-order chi connectivity index (χ1) is 13.9. The van der Waals surface area contributed by atoms with E-state index in [2.05, 4.69) is 9.98 Å². The molecular formula is C23H22N2O4. The summed E-state index contributed by atoms with van der Waals surface area (Å²) >= 11 is 0. The summed E-state index contributed by atoms with van der Waals surface area (Å²) in [4.78, 5) is 8.97. The zero-order chi connectivity index (χ0) is 21.0. The second kappa shape index (κ2) is 8.48. The lowest BCUT2D eigenvalue weighted by Gasteiger charge is -2.07. The normalized spacial score (nSPS) is 11.4. The van der Waals surface area contributed by atoms with Crippen molar-refractivity contribution in [1.29, 1.82) is 0 Å². The van der Waals surface area contributed by atoms with E-state index in [0.29, 0.717) is 28.3 Å². The molecule has 29 heavy (non-hydrogen) atoms. The van der Waals surface area contributed by atoms with Crippen LogP contribution < -0.4 is 4.74 Å². The Hall–Kier alpha value is -3.80. The van der Waals surface area contributed by atoms with E-state index < -0.39 is 0 Å². The number of methoxy groups -OCH3 is 1. The zero-order valence-electron chi connectivity index (χ0n) is 16.4. The number of phenolic OH excluding ortho intramolecular Hbond substituents is 3. The van der Waals surface area contributed by atoms with E-state index in [1.54, 1.807) is 24.4 Å². The van der Waals surface area contributed by atoms with Gasteiger partial charge in [0.2, 0.25) is 0 Å². The molecule has 0 radical (unpaired) electrons. The molecule has 3 aromatic carbocycles. The fourth-order valence-corrected chi connectivity index (χ4v) is 2.67. The van der Waals surface area contributed by atoms with Crippen LogP contribution in [0.4, 0.5) is 11.4 Å². The average Bonchev–Trinajstić information content (AvgIpc) is 2.69. The van der Waals surface area contributed by atoms with Gasteiger partial charge in [0.05, 0.1) is 18.5 Å². The second-order valence-corrected chi connectivity index (χ2v) is 6.61. The fourth-order valence-electron chi connectivity index (χ4n) is 2.67. The van der Waals surface area contributed by atoms with Gasteiger partial charge >= 0.3 is 0 Å². The molecule has 0 aliphatic carbocycles. The van der Waals surface area contributed by atoms with E-state index in [-0.39, 0.29) is 17.2 Å². The van der Waals surface area contributed by atoms with E-state index in [0.717, 1.165) is 11.1 Å². The topological polar surface area (TPSA) is 94.6 Å². The summed E-state index contributed by atoms with van der Waals surface area (Å²) in [6.07, 6.45) is 3.08. The van der Waals surface area contributed by atoms with Crippen LogP contribution in [0.5, 0.6) is 23.0 Å². The summed E-state index contributed by atoms with van der Waals surface area (Å²) in [6, 6.07) is 13.1. The number of aryl methyl sites for hydroxylation is 2. The minimum Gasteiger partial charge on any atom is -0.508 e. The second-order valence-electron chi connectivity index (χ2n) is 6.61. The number of hydrogen-bond acceptors (Lipinski definition) is 6. The van der Waals surface area contributed by atoms with Crippen LogP contribution in [-0.2, 0) is 0 Å². The van der Waals surface area contributed by atoms with Crippen LogP contribution in [-0.4, -0.2) is 34.9 Å². The Kier molecular flexibility index (Phi) is 5.83. The van der Waals surface area contributed by atoms with Crippen LogP contribution >= 0.6 is 0 Å². The average molecular weight is 390 g/mol. The quantitative estimate of drug-likeness (QED) is 0.538. The molecule has 0 saturated heterocycles. The van der Waals surface area contributed by atoms with Crippen molar-refractivity contribution < 1.29 is 20.1 Å². The van der Waals surface area contributed by atoms with Crippen LogP contribution in [0.25, 0.3) is 0 Å². The third-order valence-electron chi connectivity index (χ3n) is 4.53. The standard InChI is InChI=1S/C23H22N2O4/c1-14-8-20(24-12-16-4-6-18(26)10-22(16)27)21(9-15(14)2)25-13-17-5-7-19(29-3)11-23(17)28/h4-13,26-28H,1-3H3. The summed E-state index contributed by atoms with van der Waals surface area (Å²) in [5.41, 5.74) is 4.38. The van der Waals surface area contributed by atoms with E-state index in [1.165, 1.54) is 31.5 Å². The Morgan fingerprint density at radius 2 is 1.24 bits per heavy atom. The number of ether oxygens (including phenoxy) is 1. The minimum absolute atomic E-state index is 0.0181. The van der Waals surface area contributed by atoms with Crippen molar-refractivity contribution in [3.05, 3.63) is 70.8 Å². The van der Waals surface area contributed by atoms with Gasteiger partial charge in [0.1, 0.15) is 23.0 Å². The smallest absolute Gasteiger partial charge is 0.128 e. The van der Waals surface area contributed by atoms with Crippen molar-refractivity contribution in [1.82, 2.24) is 0 Å². The van der Waals surface area contributed by atoms with Crippen molar-refractivity contribution in [3.63, 3.8) is 0 Å². The molecule has 3 rings (SSSR count). The molecule has 6 nitrogen and oxygen atoms in total. The van der Waals surface area contributed by atoms with E-state index in [4.69, 9.17) is 4.74 Å². The highest BCUT2D eigenvalue weighted by atomic mass is 16.5. The Labute approximate surface area is 169 Å². The Morgan fingerprint density at radius 3 is 1.72 bits per heavy atom. The molecule has 3 N–H and O–H groups in total. The molecule has 0 spiro atoms. The predicted octanol–water partition coefficient (Wildman–Crippen LogP) is 4.93. The lowest BCUT2D eigenvalue weighted by molar-refractivity contribution is 0.407. The fraction of sp³-hybridized carbons (Fsp3) is 0.130. The molecule has 0 fully saturated rings. The monoisotopic (exact) mass is 390 g/mol. The van der Waals surface area contributed by atoms with Gasteiger partial charge in [0, 0.05) is 35.7 Å². The molecule has 0 aliphatic heterocycles. The lowest BCUT2D eigenvalue weighted by atomic mass is 10.1. The number of rotatable bonds is 5. The van der Waals surface area contributed by atoms with Gasteiger partial charge in [-0.1, -0.05) is 0 Å². The van der Waals surface area contributed by atoms with Gasteiger partial charge in [0.25, 0.3) is 0 Å². The van der Waals surface area contributed by atoms with Crippen molar-refractivity contribution in [2.75, 3.05) is 7.11 Å². The summed E-state index contributed by atoms with van der Waals surface area (Å²) < 4.78 is 5.09. The first-order valence-corrected chi connectivity index (χ1v) is 8.95. The summed E-state index contributed by atoms with van der Waals surface area (Å²) in [5, 5.41) is 29.5. The Bertz CT molecular complexity index is 1100. The zero-order valence-corrected chi connectivity index (χ0v) is 16.4. The molecule has 0 unspecified atom stereocenters. The van der Waals surface area contributed by atoms with Crippen LogP contribution in [0.15, 0.2) is 58.5 Å². The molecule has 0 aromatic heterocycles. The highest BCUT2D eigenvalue weighted by Gasteiger charge is 2.06. The van der Waals surface area contributed by atoms with Gasteiger partial charge in [-0.3, -0.25) is 9.98 Å². The highest BCUT2D eigenvalue weighted by molar-refractivity contribution is 5.90. The van der Waals surface area contributed by atoms with Crippen LogP contribution in [0, 0.1) is 13.8 Å². The van der Waals surface area contributed by atoms with Crippen LogP contribution in [0.1, 0.15) is 22.3 Å². The largest absolute Gasteiger partial charge is 0.508 e. The highest BCUT2D eigenvalue weighted by Crippen LogP contribution is 2.32. The molecule has 6 heteroatoms. The first-order valence-electron chi connectivity index (χ1n) is 8.95. The number of aliphatic imine (C=N–C) groups is 2. The third-order valence-corrected chi connectivity index (χ3v) is 4.53. The molecular weight excluding hydrogens is 368 g/mol. The molecule has 0 heterocycles. The lowest BCUT2D eigenvalue weighted by Crippen LogP contribution is -1.87. The minimum atomic E-state index is -0.0641. The third kappa shape index (κ3) is 4.73. The molecule has 0 aliphatic rings. The number of benzene rings is 3. The van der Waals surface area contributed by atoms with Gasteiger partial charge in [-0.25, -0.2) is 0 Å². The van der Waals surface area contributed by atoms with Crippen LogP contribution in [0.2, 0.25) is 0 Å². The molecule has 0 bridgehead atoms. The predicted molar refractivity (Wildman–Crippen MR) is 115 cm³/mol. The summed E-state index contributed by atoms with van der Waals surface area (Å²) in [6.45, 7) is 3.97. The molecule has 148 valence electrons. The molecule has 0 atom stereocenters. The van der Waals surface area contributed by atoms with Crippen molar-refractivity contribution >= 4 is 23.8 Å². The molecule has 3 aromatic rings. The van der Waals surface area contributed by atoms with E-state index in [9.17, 15) is 15.3 Å². The Morgan fingerprint density at radius 1 is 0.724 bits per heavy atom. The number of phenols is 3.